The van der Waals surface area contributed by atoms with Crippen LogP contribution in [0.15, 0.2) is 66.9 Å². The minimum Gasteiger partial charge on any atom is -0.367 e. The van der Waals surface area contributed by atoms with Gasteiger partial charge in [-0.2, -0.15) is 0 Å². The molecule has 0 atom stereocenters. The number of pyridine rings is 1. The molecule has 0 fully saturated rings. The van der Waals surface area contributed by atoms with E-state index in [0.29, 0.717) is 16.9 Å². The Bertz CT molecular complexity index is 1050. The summed E-state index contributed by atoms with van der Waals surface area (Å²) in [5.74, 6) is -0.332. The van der Waals surface area contributed by atoms with Crippen LogP contribution in [0.3, 0.4) is 0 Å². The molecule has 0 bridgehead atoms. The molecule has 0 aliphatic carbocycles. The number of carbonyl (C=O) groups excluding carboxylic acids is 2. The predicted octanol–water partition coefficient (Wildman–Crippen LogP) is 4.10. The van der Waals surface area contributed by atoms with Gasteiger partial charge < -0.3 is 10.2 Å². The van der Waals surface area contributed by atoms with Crippen LogP contribution >= 0.6 is 0 Å². The number of nitrogens with zero attached hydrogens (tertiary/aromatic N) is 2. The highest BCUT2D eigenvalue weighted by Gasteiger charge is 2.18. The van der Waals surface area contributed by atoms with E-state index in [-0.39, 0.29) is 11.7 Å². The number of Topliss-reactive ketones (excluding diaryl/α,β-unsaturated/α-hetero) is 1. The van der Waals surface area contributed by atoms with Crippen LogP contribution in [0.2, 0.25) is 0 Å². The van der Waals surface area contributed by atoms with Crippen molar-refractivity contribution in [2.24, 2.45) is 0 Å². The van der Waals surface area contributed by atoms with E-state index in [1.54, 1.807) is 30.5 Å². The van der Waals surface area contributed by atoms with Crippen LogP contribution in [0.5, 0.6) is 0 Å². The summed E-state index contributed by atoms with van der Waals surface area (Å²) in [6, 6.07) is 19.1. The number of hydrogen-bond acceptors (Lipinski definition) is 4. The first-order chi connectivity index (χ1) is 13.6. The summed E-state index contributed by atoms with van der Waals surface area (Å²) in [5, 5.41) is 2.83. The third-order valence-corrected chi connectivity index (χ3v) is 5.00. The number of rotatable bonds is 4. The lowest BCUT2D eigenvalue weighted by Gasteiger charge is -2.30. The summed E-state index contributed by atoms with van der Waals surface area (Å²) in [7, 11) is 0. The Morgan fingerprint density at radius 1 is 1.00 bits per heavy atom. The van der Waals surface area contributed by atoms with Crippen molar-refractivity contribution in [1.82, 2.24) is 4.98 Å². The summed E-state index contributed by atoms with van der Waals surface area (Å²) in [6.07, 6.45) is 2.65. The van der Waals surface area contributed by atoms with Gasteiger partial charge in [-0.25, -0.2) is 0 Å². The van der Waals surface area contributed by atoms with Gasteiger partial charge in [-0.3, -0.25) is 14.6 Å². The highest BCUT2D eigenvalue weighted by molar-refractivity contribution is 6.04. The van der Waals surface area contributed by atoms with Gasteiger partial charge in [-0.15, -0.1) is 0 Å². The number of carbonyl (C=O) groups is 2. The number of benzene rings is 2. The maximum absolute atomic E-state index is 12.7. The number of hydrogen-bond donors (Lipinski definition) is 1. The van der Waals surface area contributed by atoms with E-state index in [2.05, 4.69) is 39.5 Å². The molecule has 0 saturated carbocycles. The molecule has 1 aliphatic heterocycles. The topological polar surface area (TPSA) is 62.3 Å². The lowest BCUT2D eigenvalue weighted by atomic mass is 9.99. The van der Waals surface area contributed by atoms with E-state index in [1.165, 1.54) is 18.1 Å². The summed E-state index contributed by atoms with van der Waals surface area (Å²) in [6.45, 7) is 3.23. The van der Waals surface area contributed by atoms with E-state index in [1.807, 2.05) is 12.1 Å². The van der Waals surface area contributed by atoms with Crippen LogP contribution in [-0.2, 0) is 13.0 Å². The Hall–Kier alpha value is -3.47. The maximum Gasteiger partial charge on any atom is 0.274 e. The molecule has 1 aliphatic rings. The Kier molecular flexibility index (Phi) is 4.89. The standard InChI is InChI=1S/C23H21N3O2/c1-16(27)18-7-4-8-20(13-18)25-23(28)22-14-21(9-11-24-22)26-12-10-17-5-2-3-6-19(17)15-26/h2-9,11,13-14H,10,12,15H2,1H3,(H,25,28). The second-order valence-corrected chi connectivity index (χ2v) is 6.93. The molecular weight excluding hydrogens is 350 g/mol. The van der Waals surface area contributed by atoms with E-state index in [9.17, 15) is 9.59 Å². The van der Waals surface area contributed by atoms with Crippen LogP contribution in [0.4, 0.5) is 11.4 Å². The van der Waals surface area contributed by atoms with E-state index < -0.39 is 0 Å². The number of fused-ring (bicyclic) bond motifs is 1. The van der Waals surface area contributed by atoms with Gasteiger partial charge in [0.2, 0.25) is 0 Å². The van der Waals surface area contributed by atoms with Crippen molar-refractivity contribution in [2.75, 3.05) is 16.8 Å². The molecule has 2 aromatic carbocycles. The molecular formula is C23H21N3O2. The first-order valence-corrected chi connectivity index (χ1v) is 9.30. The molecule has 1 aromatic heterocycles. The zero-order chi connectivity index (χ0) is 19.5. The molecule has 0 radical (unpaired) electrons. The number of ketones is 1. The minimum absolute atomic E-state index is 0.0402. The van der Waals surface area contributed by atoms with Crippen molar-refractivity contribution in [2.45, 2.75) is 19.9 Å². The summed E-state index contributed by atoms with van der Waals surface area (Å²) in [4.78, 5) is 30.7. The molecule has 28 heavy (non-hydrogen) atoms. The first kappa shape index (κ1) is 17.9. The average molecular weight is 371 g/mol. The van der Waals surface area contributed by atoms with Gasteiger partial charge in [0.05, 0.1) is 0 Å². The van der Waals surface area contributed by atoms with Crippen molar-refractivity contribution in [3.05, 3.63) is 89.2 Å². The molecule has 4 rings (SSSR count). The van der Waals surface area contributed by atoms with E-state index in [4.69, 9.17) is 0 Å². The highest BCUT2D eigenvalue weighted by atomic mass is 16.2. The SMILES string of the molecule is CC(=O)c1cccc(NC(=O)c2cc(N3CCc4ccccc4C3)ccn2)c1. The number of aromatic nitrogens is 1. The second-order valence-electron chi connectivity index (χ2n) is 6.93. The fraction of sp³-hybridized carbons (Fsp3) is 0.174. The molecule has 0 unspecified atom stereocenters. The van der Waals surface area contributed by atoms with Crippen molar-refractivity contribution >= 4 is 23.1 Å². The Morgan fingerprint density at radius 2 is 1.82 bits per heavy atom. The molecule has 140 valence electrons. The van der Waals surface area contributed by atoms with E-state index in [0.717, 1.165) is 25.2 Å². The third-order valence-electron chi connectivity index (χ3n) is 5.00. The van der Waals surface area contributed by atoms with Gasteiger partial charge >= 0.3 is 0 Å². The van der Waals surface area contributed by atoms with Crippen LogP contribution in [-0.4, -0.2) is 23.2 Å². The van der Waals surface area contributed by atoms with Crippen molar-refractivity contribution < 1.29 is 9.59 Å². The Labute approximate surface area is 164 Å². The first-order valence-electron chi connectivity index (χ1n) is 9.30. The molecule has 5 heteroatoms. The van der Waals surface area contributed by atoms with Gasteiger partial charge in [0.15, 0.2) is 5.78 Å². The smallest absolute Gasteiger partial charge is 0.274 e. The summed E-state index contributed by atoms with van der Waals surface area (Å²) in [5.41, 5.74) is 5.17. The molecule has 0 spiro atoms. The molecule has 1 amide bonds. The van der Waals surface area contributed by atoms with Gasteiger partial charge in [0.1, 0.15) is 5.69 Å². The van der Waals surface area contributed by atoms with Crippen LogP contribution in [0.1, 0.15) is 38.9 Å². The quantitative estimate of drug-likeness (QED) is 0.702. The normalized spacial score (nSPS) is 13.0. The Morgan fingerprint density at radius 3 is 2.64 bits per heavy atom. The van der Waals surface area contributed by atoms with Gasteiger partial charge in [-0.05, 0) is 48.7 Å². The van der Waals surface area contributed by atoms with Gasteiger partial charge in [0.25, 0.3) is 5.91 Å². The number of anilines is 2. The Balaban J connectivity index is 1.52. The average Bonchev–Trinajstić information content (AvgIpc) is 2.73. The highest BCUT2D eigenvalue weighted by Crippen LogP contribution is 2.24. The number of amides is 1. The van der Waals surface area contributed by atoms with Crippen LogP contribution in [0, 0.1) is 0 Å². The fourth-order valence-electron chi connectivity index (χ4n) is 3.47. The van der Waals surface area contributed by atoms with Gasteiger partial charge in [0, 0.05) is 36.2 Å². The maximum atomic E-state index is 12.7. The zero-order valence-electron chi connectivity index (χ0n) is 15.7. The monoisotopic (exact) mass is 371 g/mol. The van der Waals surface area contributed by atoms with Crippen LogP contribution in [0.25, 0.3) is 0 Å². The molecule has 1 N–H and O–H groups in total. The van der Waals surface area contributed by atoms with Gasteiger partial charge in [-0.1, -0.05) is 36.4 Å². The van der Waals surface area contributed by atoms with Crippen LogP contribution < -0.4 is 10.2 Å². The summed E-state index contributed by atoms with van der Waals surface area (Å²) >= 11 is 0. The molecule has 3 aromatic rings. The zero-order valence-corrected chi connectivity index (χ0v) is 15.7. The lowest BCUT2D eigenvalue weighted by molar-refractivity contribution is 0.100. The van der Waals surface area contributed by atoms with Crippen molar-refractivity contribution in [3.8, 4) is 0 Å². The number of nitrogens with one attached hydrogen (secondary N) is 1. The largest absolute Gasteiger partial charge is 0.367 e. The second kappa shape index (κ2) is 7.64. The predicted molar refractivity (Wildman–Crippen MR) is 110 cm³/mol. The third kappa shape index (κ3) is 3.78. The van der Waals surface area contributed by atoms with Crippen molar-refractivity contribution in [1.29, 1.82) is 0 Å². The fourth-order valence-corrected chi connectivity index (χ4v) is 3.47. The molecule has 5 nitrogen and oxygen atoms in total. The molecule has 2 heterocycles. The van der Waals surface area contributed by atoms with Crippen molar-refractivity contribution in [3.63, 3.8) is 0 Å². The van der Waals surface area contributed by atoms with E-state index >= 15 is 0 Å². The lowest BCUT2D eigenvalue weighted by Crippen LogP contribution is -2.30. The minimum atomic E-state index is -0.292. The summed E-state index contributed by atoms with van der Waals surface area (Å²) < 4.78 is 0. The molecule has 0 saturated heterocycles.